The molecule has 230 valence electrons. The molecule has 4 nitrogen and oxygen atoms in total. The summed E-state index contributed by atoms with van der Waals surface area (Å²) in [7, 11) is 0. The maximum atomic E-state index is 10.9. The zero-order chi connectivity index (χ0) is 31.6. The average Bonchev–Trinajstić information content (AvgIpc) is 3.45. The van der Waals surface area contributed by atoms with Gasteiger partial charge in [-0.15, -0.1) is 5.73 Å². The Hall–Kier alpha value is -2.46. The monoisotopic (exact) mass is 574 g/mol. The van der Waals surface area contributed by atoms with E-state index < -0.39 is 11.7 Å². The molecule has 3 fully saturated rings. The first-order valence-corrected chi connectivity index (χ1v) is 15.3. The summed E-state index contributed by atoms with van der Waals surface area (Å²) in [4.78, 5) is 0. The second kappa shape index (κ2) is 12.6. The summed E-state index contributed by atoms with van der Waals surface area (Å²) in [5.74, 6) is 0. The molecule has 1 aliphatic heterocycles. The van der Waals surface area contributed by atoms with E-state index in [-0.39, 0.29) is 28.1 Å². The van der Waals surface area contributed by atoms with E-state index >= 15 is 0 Å². The molecule has 2 aliphatic carbocycles. The van der Waals surface area contributed by atoms with Gasteiger partial charge in [-0.2, -0.15) is 0 Å². The van der Waals surface area contributed by atoms with E-state index in [1.165, 1.54) is 0 Å². The standard InChI is InChI=1S/C38H54O4/c1-27(13-11-15-29(3)19-20-33-34(5,6)23-31(39)25-36(33,9)41)17-18-28(2)14-12-16-30(4)21-22-38-35(7,8)24-32(40)26-37(38,10)42-38/h11-19,21-22,31-32,39-41H,23-26H2,1-10H3. The molecule has 5 unspecified atom stereocenters. The van der Waals surface area contributed by atoms with E-state index in [2.05, 4.69) is 110 Å². The number of aliphatic hydroxyl groups is 3. The van der Waals surface area contributed by atoms with Gasteiger partial charge in [-0.05, 0) is 77.5 Å². The van der Waals surface area contributed by atoms with E-state index in [0.717, 1.165) is 34.3 Å². The van der Waals surface area contributed by atoms with Crippen LogP contribution < -0.4 is 0 Å². The Balaban J connectivity index is 1.58. The number of epoxide rings is 1. The van der Waals surface area contributed by atoms with Gasteiger partial charge >= 0.3 is 0 Å². The number of ether oxygens (including phenoxy) is 1. The van der Waals surface area contributed by atoms with Crippen molar-refractivity contribution in [1.82, 2.24) is 0 Å². The highest BCUT2D eigenvalue weighted by atomic mass is 16.6. The van der Waals surface area contributed by atoms with Gasteiger partial charge in [0.15, 0.2) is 0 Å². The van der Waals surface area contributed by atoms with Crippen LogP contribution in [0.5, 0.6) is 0 Å². The molecular weight excluding hydrogens is 520 g/mol. The van der Waals surface area contributed by atoms with Gasteiger partial charge in [0.05, 0.1) is 17.8 Å². The molecule has 0 bridgehead atoms. The summed E-state index contributed by atoms with van der Waals surface area (Å²) in [5.41, 5.74) is 6.63. The molecular formula is C38H54O4. The van der Waals surface area contributed by atoms with Crippen LogP contribution in [0.3, 0.4) is 0 Å². The molecule has 2 saturated carbocycles. The minimum absolute atomic E-state index is 0.105. The lowest BCUT2D eigenvalue weighted by atomic mass is 9.63. The predicted octanol–water partition coefficient (Wildman–Crippen LogP) is 8.16. The Morgan fingerprint density at radius 2 is 1.24 bits per heavy atom. The van der Waals surface area contributed by atoms with Crippen LogP contribution in [0.1, 0.15) is 94.9 Å². The molecule has 0 amide bonds. The van der Waals surface area contributed by atoms with E-state index in [9.17, 15) is 15.3 Å². The molecule has 5 atom stereocenters. The van der Waals surface area contributed by atoms with Crippen LogP contribution in [-0.4, -0.2) is 44.3 Å². The SMILES string of the molecule is CC(C=C=C1C(C)(C)CC(O)CC1(C)O)=CC=CC(C)=CC=C(C)C=CC=C(C)C=CC12OC1(C)CC(O)CC2(C)C. The summed E-state index contributed by atoms with van der Waals surface area (Å²) in [6, 6.07) is 0. The zero-order valence-electron chi connectivity index (χ0n) is 27.6. The maximum Gasteiger partial charge on any atom is 0.121 e. The van der Waals surface area contributed by atoms with Gasteiger partial charge in [0.2, 0.25) is 0 Å². The Labute approximate surface area is 255 Å². The summed E-state index contributed by atoms with van der Waals surface area (Å²) in [6.45, 7) is 20.6. The van der Waals surface area contributed by atoms with Crippen LogP contribution in [0.4, 0.5) is 0 Å². The lowest BCUT2D eigenvalue weighted by Gasteiger charge is -2.43. The van der Waals surface area contributed by atoms with E-state index in [1.54, 1.807) is 6.92 Å². The van der Waals surface area contributed by atoms with E-state index in [0.29, 0.717) is 19.3 Å². The van der Waals surface area contributed by atoms with Crippen molar-refractivity contribution >= 4 is 0 Å². The second-order valence-corrected chi connectivity index (χ2v) is 14.6. The Morgan fingerprint density at radius 3 is 1.79 bits per heavy atom. The first kappa shape index (κ1) is 34.0. The molecule has 3 aliphatic rings. The lowest BCUT2D eigenvalue weighted by molar-refractivity contribution is -0.0268. The van der Waals surface area contributed by atoms with E-state index in [1.807, 2.05) is 25.2 Å². The fourth-order valence-electron chi connectivity index (χ4n) is 7.10. The third-order valence-corrected chi connectivity index (χ3v) is 9.17. The number of aliphatic hydroxyl groups excluding tert-OH is 2. The second-order valence-electron chi connectivity index (χ2n) is 14.6. The first-order chi connectivity index (χ1) is 19.3. The first-order valence-electron chi connectivity index (χ1n) is 15.3. The Bertz CT molecular complexity index is 1280. The van der Waals surface area contributed by atoms with Gasteiger partial charge in [0, 0.05) is 23.8 Å². The molecule has 42 heavy (non-hydrogen) atoms. The molecule has 0 aromatic carbocycles. The number of hydrogen-bond donors (Lipinski definition) is 3. The largest absolute Gasteiger partial charge is 0.393 e. The molecule has 0 aromatic heterocycles. The number of allylic oxidation sites excluding steroid dienone is 13. The van der Waals surface area contributed by atoms with Crippen molar-refractivity contribution in [1.29, 1.82) is 0 Å². The normalized spacial score (nSPS) is 35.6. The molecule has 1 heterocycles. The van der Waals surface area contributed by atoms with Gasteiger partial charge in [-0.3, -0.25) is 0 Å². The van der Waals surface area contributed by atoms with Crippen molar-refractivity contribution in [2.75, 3.05) is 0 Å². The highest BCUT2D eigenvalue weighted by molar-refractivity contribution is 5.37. The van der Waals surface area contributed by atoms with Gasteiger partial charge in [0.1, 0.15) is 11.2 Å². The lowest BCUT2D eigenvalue weighted by Crippen LogP contribution is -2.46. The highest BCUT2D eigenvalue weighted by Crippen LogP contribution is 2.66. The highest BCUT2D eigenvalue weighted by Gasteiger charge is 2.74. The molecule has 0 radical (unpaired) electrons. The van der Waals surface area contributed by atoms with Crippen molar-refractivity contribution in [3.05, 3.63) is 100 Å². The summed E-state index contributed by atoms with van der Waals surface area (Å²) in [5, 5.41) is 31.2. The van der Waals surface area contributed by atoms with Crippen LogP contribution >= 0.6 is 0 Å². The quantitative estimate of drug-likeness (QED) is 0.155. The van der Waals surface area contributed by atoms with Crippen LogP contribution in [-0.2, 0) is 4.74 Å². The summed E-state index contributed by atoms with van der Waals surface area (Å²) in [6.07, 6.45) is 24.5. The Morgan fingerprint density at radius 1 is 0.714 bits per heavy atom. The molecule has 0 aromatic rings. The Kier molecular flexibility index (Phi) is 10.2. The van der Waals surface area contributed by atoms with Crippen molar-refractivity contribution in [3.8, 4) is 0 Å². The van der Waals surface area contributed by atoms with Crippen LogP contribution in [0, 0.1) is 10.8 Å². The smallest absolute Gasteiger partial charge is 0.121 e. The minimum atomic E-state index is -1.05. The minimum Gasteiger partial charge on any atom is -0.393 e. The number of hydrogen-bond acceptors (Lipinski definition) is 4. The van der Waals surface area contributed by atoms with Crippen molar-refractivity contribution in [2.24, 2.45) is 10.8 Å². The van der Waals surface area contributed by atoms with E-state index in [4.69, 9.17) is 4.74 Å². The van der Waals surface area contributed by atoms with Crippen LogP contribution in [0.15, 0.2) is 100 Å². The molecule has 0 spiro atoms. The van der Waals surface area contributed by atoms with Gasteiger partial charge in [0.25, 0.3) is 0 Å². The maximum absolute atomic E-state index is 10.9. The number of fused-ring (bicyclic) bond motifs is 1. The predicted molar refractivity (Wildman–Crippen MR) is 175 cm³/mol. The van der Waals surface area contributed by atoms with Crippen molar-refractivity contribution < 1.29 is 20.1 Å². The third-order valence-electron chi connectivity index (χ3n) is 9.17. The molecule has 3 rings (SSSR count). The van der Waals surface area contributed by atoms with Crippen molar-refractivity contribution in [2.45, 2.75) is 124 Å². The van der Waals surface area contributed by atoms with Gasteiger partial charge in [-0.1, -0.05) is 99.1 Å². The fraction of sp³-hybridized carbons (Fsp3) is 0.553. The zero-order valence-corrected chi connectivity index (χ0v) is 27.6. The number of rotatable bonds is 8. The van der Waals surface area contributed by atoms with Gasteiger partial charge in [-0.25, -0.2) is 0 Å². The summed E-state index contributed by atoms with van der Waals surface area (Å²) < 4.78 is 6.24. The molecule has 3 N–H and O–H groups in total. The van der Waals surface area contributed by atoms with Crippen LogP contribution in [0.2, 0.25) is 0 Å². The molecule has 4 heteroatoms. The topological polar surface area (TPSA) is 73.2 Å². The average molecular weight is 575 g/mol. The van der Waals surface area contributed by atoms with Crippen LogP contribution in [0.25, 0.3) is 0 Å². The fourth-order valence-corrected chi connectivity index (χ4v) is 7.10. The third kappa shape index (κ3) is 7.92. The van der Waals surface area contributed by atoms with Crippen molar-refractivity contribution in [3.63, 3.8) is 0 Å². The van der Waals surface area contributed by atoms with Gasteiger partial charge < -0.3 is 20.1 Å². The summed E-state index contributed by atoms with van der Waals surface area (Å²) >= 11 is 0. The molecule has 1 saturated heterocycles.